The van der Waals surface area contributed by atoms with Gasteiger partial charge in [-0.3, -0.25) is 4.79 Å². The van der Waals surface area contributed by atoms with Crippen molar-refractivity contribution < 1.29 is 9.53 Å². The van der Waals surface area contributed by atoms with Crippen LogP contribution in [0.5, 0.6) is 5.75 Å². The van der Waals surface area contributed by atoms with Crippen LogP contribution >= 0.6 is 11.6 Å². The highest BCUT2D eigenvalue weighted by Crippen LogP contribution is 2.27. The number of hydrogen-bond donors (Lipinski definition) is 2. The van der Waals surface area contributed by atoms with Crippen LogP contribution in [0.2, 0.25) is 5.02 Å². The molecule has 4 nitrogen and oxygen atoms in total. The number of benzene rings is 2. The molecule has 0 aliphatic rings. The second-order valence-corrected chi connectivity index (χ2v) is 5.19. The summed E-state index contributed by atoms with van der Waals surface area (Å²) in [5.41, 5.74) is 2.37. The van der Waals surface area contributed by atoms with Crippen molar-refractivity contribution in [1.29, 1.82) is 0 Å². The van der Waals surface area contributed by atoms with Gasteiger partial charge < -0.3 is 15.4 Å². The Hall–Kier alpha value is -2.64. The van der Waals surface area contributed by atoms with Gasteiger partial charge in [0.25, 0.3) is 0 Å². The van der Waals surface area contributed by atoms with Crippen LogP contribution in [0.4, 0.5) is 11.4 Å². The summed E-state index contributed by atoms with van der Waals surface area (Å²) >= 11 is 5.83. The summed E-state index contributed by atoms with van der Waals surface area (Å²) in [6.45, 7) is 1.91. The fourth-order valence-electron chi connectivity index (χ4n) is 1.95. The van der Waals surface area contributed by atoms with E-state index in [0.717, 1.165) is 11.3 Å². The Labute approximate surface area is 140 Å². The predicted octanol–water partition coefficient (Wildman–Crippen LogP) is 3.77. The summed E-state index contributed by atoms with van der Waals surface area (Å²) in [6.07, 6.45) is 0. The van der Waals surface area contributed by atoms with Crippen molar-refractivity contribution >= 4 is 28.9 Å². The normalized spacial score (nSPS) is 9.52. The van der Waals surface area contributed by atoms with Gasteiger partial charge in [-0.1, -0.05) is 23.4 Å². The lowest BCUT2D eigenvalue weighted by atomic mass is 10.2. The van der Waals surface area contributed by atoms with Gasteiger partial charge in [-0.25, -0.2) is 0 Å². The molecule has 23 heavy (non-hydrogen) atoms. The highest BCUT2D eigenvalue weighted by Gasteiger charge is 2.04. The molecule has 118 valence electrons. The second-order valence-electron chi connectivity index (χ2n) is 4.76. The summed E-state index contributed by atoms with van der Waals surface area (Å²) in [5.74, 6) is 6.64. The Kier molecular flexibility index (Phi) is 5.90. The smallest absolute Gasteiger partial charge is 0.221 e. The van der Waals surface area contributed by atoms with E-state index in [1.807, 2.05) is 18.2 Å². The Morgan fingerprint density at radius 1 is 1.22 bits per heavy atom. The molecule has 5 heteroatoms. The minimum Gasteiger partial charge on any atom is -0.495 e. The third-order valence-electron chi connectivity index (χ3n) is 2.96. The number of anilines is 2. The molecule has 0 unspecified atom stereocenters. The molecule has 2 N–H and O–H groups in total. The monoisotopic (exact) mass is 328 g/mol. The van der Waals surface area contributed by atoms with Gasteiger partial charge in [0.1, 0.15) is 5.75 Å². The van der Waals surface area contributed by atoms with E-state index in [2.05, 4.69) is 22.5 Å². The molecule has 0 bridgehead atoms. The fraction of sp³-hybridized carbons (Fsp3) is 0.167. The number of methoxy groups -OCH3 is 1. The number of nitrogens with one attached hydrogen (secondary N) is 2. The first kappa shape index (κ1) is 16.7. The molecule has 0 saturated heterocycles. The van der Waals surface area contributed by atoms with Crippen LogP contribution < -0.4 is 15.4 Å². The number of rotatable bonds is 4. The molecule has 0 spiro atoms. The van der Waals surface area contributed by atoms with E-state index in [1.165, 1.54) is 6.92 Å². The molecule has 0 atom stereocenters. The van der Waals surface area contributed by atoms with Crippen LogP contribution in [0.3, 0.4) is 0 Å². The molecule has 1 amide bonds. The molecule has 0 heterocycles. The number of ether oxygens (including phenoxy) is 1. The topological polar surface area (TPSA) is 50.4 Å². The van der Waals surface area contributed by atoms with Crippen molar-refractivity contribution in [3.8, 4) is 17.6 Å². The summed E-state index contributed by atoms with van der Waals surface area (Å²) in [4.78, 5) is 11.1. The van der Waals surface area contributed by atoms with Crippen LogP contribution in [-0.2, 0) is 4.79 Å². The van der Waals surface area contributed by atoms with E-state index in [1.54, 1.807) is 31.4 Å². The van der Waals surface area contributed by atoms with Crippen molar-refractivity contribution in [2.75, 3.05) is 24.3 Å². The lowest BCUT2D eigenvalue weighted by Gasteiger charge is -2.11. The molecule has 0 saturated carbocycles. The zero-order valence-corrected chi connectivity index (χ0v) is 13.7. The number of amides is 1. The van der Waals surface area contributed by atoms with E-state index < -0.39 is 0 Å². The van der Waals surface area contributed by atoms with Gasteiger partial charge in [0, 0.05) is 23.2 Å². The first-order valence-corrected chi connectivity index (χ1v) is 7.40. The zero-order chi connectivity index (χ0) is 16.7. The van der Waals surface area contributed by atoms with Crippen molar-refractivity contribution in [3.05, 3.63) is 53.1 Å². The molecule has 2 rings (SSSR count). The SMILES string of the molecule is COc1ccc(NC(C)=O)cc1NCC#Cc1ccc(Cl)cc1. The average Bonchev–Trinajstić information content (AvgIpc) is 2.53. The van der Waals surface area contributed by atoms with Gasteiger partial charge in [-0.15, -0.1) is 0 Å². The third-order valence-corrected chi connectivity index (χ3v) is 3.22. The minimum absolute atomic E-state index is 0.122. The van der Waals surface area contributed by atoms with Crippen molar-refractivity contribution in [2.24, 2.45) is 0 Å². The molecule has 2 aromatic carbocycles. The van der Waals surface area contributed by atoms with Gasteiger partial charge >= 0.3 is 0 Å². The first-order valence-electron chi connectivity index (χ1n) is 7.02. The number of halogens is 1. The fourth-order valence-corrected chi connectivity index (χ4v) is 2.07. The first-order chi connectivity index (χ1) is 11.1. The Balaban J connectivity index is 2.04. The minimum atomic E-state index is -0.122. The zero-order valence-electron chi connectivity index (χ0n) is 12.9. The average molecular weight is 329 g/mol. The lowest BCUT2D eigenvalue weighted by Crippen LogP contribution is -2.07. The van der Waals surface area contributed by atoms with Gasteiger partial charge in [0.2, 0.25) is 5.91 Å². The molecule has 0 aromatic heterocycles. The maximum Gasteiger partial charge on any atom is 0.221 e. The van der Waals surface area contributed by atoms with Crippen molar-refractivity contribution in [1.82, 2.24) is 0 Å². The number of hydrogen-bond acceptors (Lipinski definition) is 3. The summed E-state index contributed by atoms with van der Waals surface area (Å²) in [6, 6.07) is 12.7. The number of carbonyl (C=O) groups is 1. The highest BCUT2D eigenvalue weighted by molar-refractivity contribution is 6.30. The van der Waals surface area contributed by atoms with Gasteiger partial charge in [0.05, 0.1) is 19.3 Å². The third kappa shape index (κ3) is 5.24. The highest BCUT2D eigenvalue weighted by atomic mass is 35.5. The van der Waals surface area contributed by atoms with E-state index in [4.69, 9.17) is 16.3 Å². The van der Waals surface area contributed by atoms with Crippen molar-refractivity contribution in [3.63, 3.8) is 0 Å². The lowest BCUT2D eigenvalue weighted by molar-refractivity contribution is -0.114. The molecule has 0 radical (unpaired) electrons. The van der Waals surface area contributed by atoms with Gasteiger partial charge in [-0.2, -0.15) is 0 Å². The number of carbonyl (C=O) groups excluding carboxylic acids is 1. The van der Waals surface area contributed by atoms with E-state index in [-0.39, 0.29) is 5.91 Å². The van der Waals surface area contributed by atoms with E-state index >= 15 is 0 Å². The molecule has 0 aliphatic carbocycles. The standard InChI is InChI=1S/C18H17ClN2O2/c1-13(22)21-16-9-10-18(23-2)17(12-16)20-11-3-4-14-5-7-15(19)8-6-14/h5-10,12,20H,11H2,1-2H3,(H,21,22). The van der Waals surface area contributed by atoms with Gasteiger partial charge in [0.15, 0.2) is 0 Å². The van der Waals surface area contributed by atoms with E-state index in [0.29, 0.717) is 23.0 Å². The summed E-state index contributed by atoms with van der Waals surface area (Å²) < 4.78 is 5.30. The Morgan fingerprint density at radius 3 is 2.61 bits per heavy atom. The Morgan fingerprint density at radius 2 is 1.96 bits per heavy atom. The van der Waals surface area contributed by atoms with Crippen LogP contribution in [0.15, 0.2) is 42.5 Å². The van der Waals surface area contributed by atoms with Crippen LogP contribution in [0.1, 0.15) is 12.5 Å². The predicted molar refractivity (Wildman–Crippen MR) is 94.1 cm³/mol. The van der Waals surface area contributed by atoms with Gasteiger partial charge in [-0.05, 0) is 42.5 Å². The Bertz CT molecular complexity index is 746. The molecule has 0 aliphatic heterocycles. The van der Waals surface area contributed by atoms with E-state index in [9.17, 15) is 4.79 Å². The molecule has 2 aromatic rings. The van der Waals surface area contributed by atoms with Crippen LogP contribution in [0.25, 0.3) is 0 Å². The van der Waals surface area contributed by atoms with Crippen LogP contribution in [0, 0.1) is 11.8 Å². The summed E-state index contributed by atoms with van der Waals surface area (Å²) in [5, 5.41) is 6.61. The van der Waals surface area contributed by atoms with Crippen LogP contribution in [-0.4, -0.2) is 19.6 Å². The van der Waals surface area contributed by atoms with Crippen molar-refractivity contribution in [2.45, 2.75) is 6.92 Å². The molecular formula is C18H17ClN2O2. The maximum atomic E-state index is 11.1. The largest absolute Gasteiger partial charge is 0.495 e. The quantitative estimate of drug-likeness (QED) is 0.840. The molecule has 0 fully saturated rings. The molecular weight excluding hydrogens is 312 g/mol. The maximum absolute atomic E-state index is 11.1. The summed E-state index contributed by atoms with van der Waals surface area (Å²) in [7, 11) is 1.60. The second kappa shape index (κ2) is 8.11.